The van der Waals surface area contributed by atoms with Gasteiger partial charge in [-0.2, -0.15) is 0 Å². The number of anilines is 1. The predicted molar refractivity (Wildman–Crippen MR) is 84.1 cm³/mol. The molecular formula is C14H20ClN3O3. The molecule has 0 atom stereocenters. The minimum absolute atomic E-state index is 0.167. The van der Waals surface area contributed by atoms with E-state index in [1.807, 2.05) is 6.92 Å². The first-order valence-corrected chi connectivity index (χ1v) is 7.24. The van der Waals surface area contributed by atoms with Gasteiger partial charge in [0.25, 0.3) is 11.6 Å². The van der Waals surface area contributed by atoms with Crippen molar-refractivity contribution in [1.82, 2.24) is 5.32 Å². The van der Waals surface area contributed by atoms with Crippen molar-refractivity contribution in [2.24, 2.45) is 5.92 Å². The van der Waals surface area contributed by atoms with Gasteiger partial charge in [0.05, 0.1) is 9.95 Å². The van der Waals surface area contributed by atoms with E-state index in [4.69, 9.17) is 11.6 Å². The first kappa shape index (κ1) is 17.2. The highest BCUT2D eigenvalue weighted by molar-refractivity contribution is 6.34. The fourth-order valence-electron chi connectivity index (χ4n) is 1.80. The average Bonchev–Trinajstić information content (AvgIpc) is 2.40. The lowest BCUT2D eigenvalue weighted by molar-refractivity contribution is -0.384. The van der Waals surface area contributed by atoms with E-state index in [0.717, 1.165) is 6.42 Å². The number of nitro groups is 1. The Morgan fingerprint density at radius 2 is 2.10 bits per heavy atom. The van der Waals surface area contributed by atoms with E-state index in [1.165, 1.54) is 12.1 Å². The Labute approximate surface area is 129 Å². The van der Waals surface area contributed by atoms with Crippen LogP contribution in [0, 0.1) is 16.0 Å². The molecule has 7 heteroatoms. The van der Waals surface area contributed by atoms with Gasteiger partial charge in [-0.3, -0.25) is 14.9 Å². The molecule has 1 rings (SSSR count). The molecule has 0 aliphatic carbocycles. The van der Waals surface area contributed by atoms with E-state index >= 15 is 0 Å². The summed E-state index contributed by atoms with van der Waals surface area (Å²) in [4.78, 5) is 22.6. The zero-order chi connectivity index (χ0) is 16.0. The number of nitrogens with one attached hydrogen (secondary N) is 2. The summed E-state index contributed by atoms with van der Waals surface area (Å²) in [6, 6.07) is 2.69. The van der Waals surface area contributed by atoms with Gasteiger partial charge in [-0.1, -0.05) is 25.4 Å². The SMILES string of the molecule is CCNc1c(Cl)cc(C(=O)NCCC(C)C)cc1[N+](=O)[O-]. The largest absolute Gasteiger partial charge is 0.379 e. The molecule has 0 spiro atoms. The van der Waals surface area contributed by atoms with Crippen LogP contribution in [0.4, 0.5) is 11.4 Å². The highest BCUT2D eigenvalue weighted by atomic mass is 35.5. The molecule has 1 aromatic rings. The third kappa shape index (κ3) is 4.90. The van der Waals surface area contributed by atoms with Crippen molar-refractivity contribution in [2.45, 2.75) is 27.2 Å². The van der Waals surface area contributed by atoms with Crippen molar-refractivity contribution in [3.63, 3.8) is 0 Å². The molecule has 21 heavy (non-hydrogen) atoms. The molecule has 116 valence electrons. The molecule has 0 aliphatic heterocycles. The second kappa shape index (κ2) is 7.83. The van der Waals surface area contributed by atoms with Gasteiger partial charge < -0.3 is 10.6 Å². The van der Waals surface area contributed by atoms with Gasteiger partial charge in [0.15, 0.2) is 0 Å². The van der Waals surface area contributed by atoms with Crippen LogP contribution in [0.15, 0.2) is 12.1 Å². The smallest absolute Gasteiger partial charge is 0.294 e. The Morgan fingerprint density at radius 3 is 2.62 bits per heavy atom. The Bertz CT molecular complexity index is 532. The van der Waals surface area contributed by atoms with Crippen LogP contribution < -0.4 is 10.6 Å². The van der Waals surface area contributed by atoms with Crippen molar-refractivity contribution in [1.29, 1.82) is 0 Å². The molecule has 0 aliphatic rings. The maximum absolute atomic E-state index is 12.0. The van der Waals surface area contributed by atoms with Crippen molar-refractivity contribution in [3.05, 3.63) is 32.8 Å². The third-order valence-electron chi connectivity index (χ3n) is 2.89. The lowest BCUT2D eigenvalue weighted by atomic mass is 10.1. The molecule has 2 N–H and O–H groups in total. The molecule has 0 saturated heterocycles. The first-order valence-electron chi connectivity index (χ1n) is 6.86. The van der Waals surface area contributed by atoms with E-state index in [1.54, 1.807) is 0 Å². The second-order valence-corrected chi connectivity index (χ2v) is 5.49. The third-order valence-corrected chi connectivity index (χ3v) is 3.19. The standard InChI is InChI=1S/C14H20ClN3O3/c1-4-16-13-11(15)7-10(8-12(13)18(20)21)14(19)17-6-5-9(2)3/h7-9,16H,4-6H2,1-3H3,(H,17,19). The van der Waals surface area contributed by atoms with Gasteiger partial charge in [0, 0.05) is 24.7 Å². The van der Waals surface area contributed by atoms with Gasteiger partial charge in [0.1, 0.15) is 5.69 Å². The van der Waals surface area contributed by atoms with E-state index in [0.29, 0.717) is 19.0 Å². The monoisotopic (exact) mass is 313 g/mol. The number of rotatable bonds is 7. The number of amides is 1. The van der Waals surface area contributed by atoms with Crippen LogP contribution in [0.3, 0.4) is 0 Å². The van der Waals surface area contributed by atoms with Gasteiger partial charge in [-0.15, -0.1) is 0 Å². The minimum Gasteiger partial charge on any atom is -0.379 e. The number of carbonyl (C=O) groups excluding carboxylic acids is 1. The number of nitro benzene ring substituents is 1. The lowest BCUT2D eigenvalue weighted by Crippen LogP contribution is -2.25. The molecule has 6 nitrogen and oxygen atoms in total. The highest BCUT2D eigenvalue weighted by Gasteiger charge is 2.21. The summed E-state index contributed by atoms with van der Waals surface area (Å²) in [5, 5.41) is 16.8. The van der Waals surface area contributed by atoms with Crippen molar-refractivity contribution >= 4 is 28.9 Å². The Kier molecular flexibility index (Phi) is 6.42. The Hall–Kier alpha value is -1.82. The summed E-state index contributed by atoms with van der Waals surface area (Å²) < 4.78 is 0. The van der Waals surface area contributed by atoms with Gasteiger partial charge >= 0.3 is 0 Å². The molecule has 0 aromatic heterocycles. The van der Waals surface area contributed by atoms with Crippen LogP contribution >= 0.6 is 11.6 Å². The molecule has 0 heterocycles. The lowest BCUT2D eigenvalue weighted by Gasteiger charge is -2.10. The van der Waals surface area contributed by atoms with E-state index in [9.17, 15) is 14.9 Å². The van der Waals surface area contributed by atoms with Gasteiger partial charge in [-0.05, 0) is 25.3 Å². The second-order valence-electron chi connectivity index (χ2n) is 5.08. The summed E-state index contributed by atoms with van der Waals surface area (Å²) in [7, 11) is 0. The number of halogens is 1. The summed E-state index contributed by atoms with van der Waals surface area (Å²) in [6.45, 7) is 6.95. The van der Waals surface area contributed by atoms with Crippen LogP contribution in [0.5, 0.6) is 0 Å². The fraction of sp³-hybridized carbons (Fsp3) is 0.500. The van der Waals surface area contributed by atoms with E-state index < -0.39 is 4.92 Å². The number of hydrogen-bond acceptors (Lipinski definition) is 4. The molecule has 0 fully saturated rings. The molecule has 1 aromatic carbocycles. The molecule has 0 bridgehead atoms. The van der Waals surface area contributed by atoms with E-state index in [-0.39, 0.29) is 27.9 Å². The summed E-state index contributed by atoms with van der Waals surface area (Å²) in [5.74, 6) is 0.114. The van der Waals surface area contributed by atoms with Gasteiger partial charge in [0.2, 0.25) is 0 Å². The summed E-state index contributed by atoms with van der Waals surface area (Å²) in [5.41, 5.74) is 0.235. The van der Waals surface area contributed by atoms with Crippen LogP contribution in [-0.2, 0) is 0 Å². The highest BCUT2D eigenvalue weighted by Crippen LogP contribution is 2.33. The number of benzene rings is 1. The molecule has 1 amide bonds. The molecule has 0 saturated carbocycles. The number of nitrogens with zero attached hydrogens (tertiary/aromatic N) is 1. The Balaban J connectivity index is 2.98. The van der Waals surface area contributed by atoms with Crippen molar-refractivity contribution in [2.75, 3.05) is 18.4 Å². The number of hydrogen-bond donors (Lipinski definition) is 2. The predicted octanol–water partition coefficient (Wildman–Crippen LogP) is 3.46. The maximum atomic E-state index is 12.0. The van der Waals surface area contributed by atoms with Crippen molar-refractivity contribution in [3.8, 4) is 0 Å². The number of carbonyl (C=O) groups is 1. The van der Waals surface area contributed by atoms with Crippen LogP contribution in [0.25, 0.3) is 0 Å². The maximum Gasteiger partial charge on any atom is 0.294 e. The normalized spacial score (nSPS) is 10.5. The zero-order valence-corrected chi connectivity index (χ0v) is 13.2. The topological polar surface area (TPSA) is 84.3 Å². The fourth-order valence-corrected chi connectivity index (χ4v) is 2.08. The van der Waals surface area contributed by atoms with E-state index in [2.05, 4.69) is 24.5 Å². The Morgan fingerprint density at radius 1 is 1.43 bits per heavy atom. The average molecular weight is 314 g/mol. The summed E-state index contributed by atoms with van der Waals surface area (Å²) >= 11 is 6.04. The summed E-state index contributed by atoms with van der Waals surface area (Å²) in [6.07, 6.45) is 0.844. The van der Waals surface area contributed by atoms with Crippen LogP contribution in [0.2, 0.25) is 5.02 Å². The molecule has 0 radical (unpaired) electrons. The quantitative estimate of drug-likeness (QED) is 0.596. The van der Waals surface area contributed by atoms with Crippen molar-refractivity contribution < 1.29 is 9.72 Å². The van der Waals surface area contributed by atoms with Gasteiger partial charge in [-0.25, -0.2) is 0 Å². The first-order chi connectivity index (χ1) is 9.86. The molecule has 0 unspecified atom stereocenters. The van der Waals surface area contributed by atoms with Crippen LogP contribution in [-0.4, -0.2) is 23.9 Å². The minimum atomic E-state index is -0.547. The van der Waals surface area contributed by atoms with Crippen LogP contribution in [0.1, 0.15) is 37.6 Å². The zero-order valence-electron chi connectivity index (χ0n) is 12.4. The molecular weight excluding hydrogens is 294 g/mol.